The largest absolute Gasteiger partial charge is 0.476 e. The Balaban J connectivity index is 1.37. The normalized spacial score (nSPS) is 22.9. The van der Waals surface area contributed by atoms with Gasteiger partial charge in [-0.1, -0.05) is 6.42 Å². The number of fused-ring (bicyclic) bond motifs is 1. The molecule has 0 atom stereocenters. The smallest absolute Gasteiger partial charge is 0.278 e. The molecule has 5 rings (SSSR count). The van der Waals surface area contributed by atoms with Crippen LogP contribution in [-0.4, -0.2) is 59.8 Å². The van der Waals surface area contributed by atoms with Gasteiger partial charge < -0.3 is 15.4 Å². The van der Waals surface area contributed by atoms with Gasteiger partial charge in [0.15, 0.2) is 0 Å². The Morgan fingerprint density at radius 1 is 1.03 bits per heavy atom. The SMILES string of the molecule is NC(=O)C1CCC(N2C(=NC(=O)c3cc(F)cc(F)c3)Cc3cnc(OCCN4CCCCC4)cc32)CC1. The van der Waals surface area contributed by atoms with E-state index in [-0.39, 0.29) is 23.4 Å². The molecule has 10 heteroatoms. The van der Waals surface area contributed by atoms with Crippen molar-refractivity contribution >= 4 is 23.3 Å². The first-order chi connectivity index (χ1) is 18.4. The summed E-state index contributed by atoms with van der Waals surface area (Å²) in [5, 5.41) is 0. The molecule has 3 aliphatic rings. The maximum absolute atomic E-state index is 13.7. The number of amides is 2. The first-order valence-electron chi connectivity index (χ1n) is 13.4. The monoisotopic (exact) mass is 525 g/mol. The zero-order chi connectivity index (χ0) is 26.6. The first-order valence-corrected chi connectivity index (χ1v) is 13.4. The van der Waals surface area contributed by atoms with Crippen molar-refractivity contribution in [3.63, 3.8) is 0 Å². The molecule has 2 amide bonds. The summed E-state index contributed by atoms with van der Waals surface area (Å²) in [5.74, 6) is -1.86. The number of rotatable bonds is 7. The summed E-state index contributed by atoms with van der Waals surface area (Å²) in [6, 6.07) is 4.55. The van der Waals surface area contributed by atoms with Crippen molar-refractivity contribution < 1.29 is 23.1 Å². The molecule has 0 spiro atoms. The zero-order valence-electron chi connectivity index (χ0n) is 21.4. The fourth-order valence-corrected chi connectivity index (χ4v) is 5.73. The van der Waals surface area contributed by atoms with Gasteiger partial charge in [-0.3, -0.25) is 14.5 Å². The van der Waals surface area contributed by atoms with Crippen molar-refractivity contribution in [3.8, 4) is 5.88 Å². The molecule has 8 nitrogen and oxygen atoms in total. The van der Waals surface area contributed by atoms with Crippen molar-refractivity contribution in [3.05, 3.63) is 53.2 Å². The quantitative estimate of drug-likeness (QED) is 0.589. The minimum Gasteiger partial charge on any atom is -0.476 e. The molecule has 1 aromatic carbocycles. The lowest BCUT2D eigenvalue weighted by molar-refractivity contribution is -0.122. The van der Waals surface area contributed by atoms with Gasteiger partial charge in [0.05, 0.1) is 5.69 Å². The lowest BCUT2D eigenvalue weighted by atomic mass is 9.85. The molecule has 1 saturated heterocycles. The molecule has 2 N–H and O–H groups in total. The van der Waals surface area contributed by atoms with E-state index < -0.39 is 17.5 Å². The van der Waals surface area contributed by atoms with E-state index in [2.05, 4.69) is 14.9 Å². The Kier molecular flexibility index (Phi) is 7.97. The number of aliphatic imine (C=N–C) groups is 1. The highest BCUT2D eigenvalue weighted by molar-refractivity contribution is 6.12. The second-order valence-corrected chi connectivity index (χ2v) is 10.3. The van der Waals surface area contributed by atoms with Crippen LogP contribution >= 0.6 is 0 Å². The number of pyridine rings is 1. The fourth-order valence-electron chi connectivity index (χ4n) is 5.73. The van der Waals surface area contributed by atoms with E-state index in [1.165, 1.54) is 19.3 Å². The minimum absolute atomic E-state index is 0.00811. The Morgan fingerprint density at radius 3 is 2.42 bits per heavy atom. The molecule has 1 saturated carbocycles. The third-order valence-electron chi connectivity index (χ3n) is 7.73. The maximum Gasteiger partial charge on any atom is 0.278 e. The van der Waals surface area contributed by atoms with Crippen molar-refractivity contribution in [2.75, 3.05) is 31.1 Å². The molecule has 2 fully saturated rings. The number of hydrogen-bond donors (Lipinski definition) is 1. The average Bonchev–Trinajstić information content (AvgIpc) is 3.25. The molecule has 2 aromatic rings. The van der Waals surface area contributed by atoms with Crippen molar-refractivity contribution in [1.82, 2.24) is 9.88 Å². The summed E-state index contributed by atoms with van der Waals surface area (Å²) in [7, 11) is 0. The summed E-state index contributed by atoms with van der Waals surface area (Å²) < 4.78 is 33.5. The van der Waals surface area contributed by atoms with Crippen LogP contribution in [0.5, 0.6) is 5.88 Å². The molecule has 0 unspecified atom stereocenters. The molecule has 3 heterocycles. The van der Waals surface area contributed by atoms with Crippen molar-refractivity contribution in [2.24, 2.45) is 16.6 Å². The van der Waals surface area contributed by atoms with Crippen LogP contribution < -0.4 is 15.4 Å². The van der Waals surface area contributed by atoms with Gasteiger partial charge >= 0.3 is 0 Å². The number of piperidine rings is 1. The number of likely N-dealkylation sites (tertiary alicyclic amines) is 1. The van der Waals surface area contributed by atoms with E-state index in [0.717, 1.165) is 49.1 Å². The molecule has 1 aliphatic carbocycles. The number of halogens is 2. The second-order valence-electron chi connectivity index (χ2n) is 10.3. The number of amidine groups is 1. The lowest BCUT2D eigenvalue weighted by Gasteiger charge is -2.35. The van der Waals surface area contributed by atoms with Gasteiger partial charge in [-0.2, -0.15) is 4.99 Å². The zero-order valence-corrected chi connectivity index (χ0v) is 21.4. The van der Waals surface area contributed by atoms with E-state index in [4.69, 9.17) is 10.5 Å². The number of carbonyl (C=O) groups is 2. The van der Waals surface area contributed by atoms with Crippen LogP contribution in [0.1, 0.15) is 60.9 Å². The number of ether oxygens (including phenoxy) is 1. The van der Waals surface area contributed by atoms with E-state index in [1.54, 1.807) is 6.20 Å². The standard InChI is InChI=1S/C28H33F2N5O3/c29-21-12-19(13-22(30)15-21)28(37)33-25-14-20-17-32-26(38-11-10-34-8-2-1-3-9-34)16-24(20)35(25)23-6-4-18(5-7-23)27(31)36/h12-13,15-18,23H,1-11,14H2,(H2,31,36). The van der Waals surface area contributed by atoms with Gasteiger partial charge in [-0.15, -0.1) is 0 Å². The third kappa shape index (κ3) is 6.01. The minimum atomic E-state index is -0.833. The number of anilines is 1. The molecular weight excluding hydrogens is 492 g/mol. The predicted molar refractivity (Wildman–Crippen MR) is 139 cm³/mol. The van der Waals surface area contributed by atoms with Gasteiger partial charge in [0.2, 0.25) is 11.8 Å². The molecule has 2 aliphatic heterocycles. The van der Waals surface area contributed by atoms with E-state index in [9.17, 15) is 18.4 Å². The van der Waals surface area contributed by atoms with Gasteiger partial charge in [0.25, 0.3) is 5.91 Å². The van der Waals surface area contributed by atoms with E-state index in [1.807, 2.05) is 11.0 Å². The van der Waals surface area contributed by atoms with Crippen LogP contribution in [-0.2, 0) is 11.2 Å². The first kappa shape index (κ1) is 26.2. The number of carbonyl (C=O) groups excluding carboxylic acids is 2. The number of nitrogens with zero attached hydrogens (tertiary/aromatic N) is 4. The lowest BCUT2D eigenvalue weighted by Crippen LogP contribution is -2.42. The fraction of sp³-hybridized carbons (Fsp3) is 0.500. The summed E-state index contributed by atoms with van der Waals surface area (Å²) in [6.07, 6.45) is 8.49. The van der Waals surface area contributed by atoms with Crippen LogP contribution in [0, 0.1) is 17.6 Å². The highest BCUT2D eigenvalue weighted by Crippen LogP contribution is 2.38. The third-order valence-corrected chi connectivity index (χ3v) is 7.73. The van der Waals surface area contributed by atoms with Crippen LogP contribution in [0.4, 0.5) is 14.5 Å². The number of nitrogens with two attached hydrogens (primary N) is 1. The summed E-state index contributed by atoms with van der Waals surface area (Å²) >= 11 is 0. The predicted octanol–water partition coefficient (Wildman–Crippen LogP) is 3.87. The molecule has 1 aromatic heterocycles. The van der Waals surface area contributed by atoms with Crippen LogP contribution in [0.2, 0.25) is 0 Å². The maximum atomic E-state index is 13.7. The van der Waals surface area contributed by atoms with E-state index in [0.29, 0.717) is 50.4 Å². The van der Waals surface area contributed by atoms with Gasteiger partial charge in [-0.25, -0.2) is 13.8 Å². The molecular formula is C28H33F2N5O3. The molecule has 0 bridgehead atoms. The van der Waals surface area contributed by atoms with Gasteiger partial charge in [-0.05, 0) is 63.7 Å². The Hall–Kier alpha value is -3.40. The van der Waals surface area contributed by atoms with Crippen LogP contribution in [0.15, 0.2) is 35.5 Å². The number of primary amides is 1. The molecule has 0 radical (unpaired) electrons. The van der Waals surface area contributed by atoms with Crippen molar-refractivity contribution in [1.29, 1.82) is 0 Å². The summed E-state index contributed by atoms with van der Waals surface area (Å²) in [6.45, 7) is 3.54. The van der Waals surface area contributed by atoms with Crippen LogP contribution in [0.3, 0.4) is 0 Å². The average molecular weight is 526 g/mol. The van der Waals surface area contributed by atoms with Crippen LogP contribution in [0.25, 0.3) is 0 Å². The van der Waals surface area contributed by atoms with Gasteiger partial charge in [0.1, 0.15) is 24.1 Å². The number of hydrogen-bond acceptors (Lipinski definition) is 5. The highest BCUT2D eigenvalue weighted by Gasteiger charge is 2.36. The summed E-state index contributed by atoms with van der Waals surface area (Å²) in [4.78, 5) is 37.8. The topological polar surface area (TPSA) is 101 Å². The van der Waals surface area contributed by atoms with E-state index >= 15 is 0 Å². The molecule has 202 valence electrons. The number of aromatic nitrogens is 1. The second kappa shape index (κ2) is 11.6. The summed E-state index contributed by atoms with van der Waals surface area (Å²) in [5.41, 5.74) is 7.13. The number of benzene rings is 1. The van der Waals surface area contributed by atoms with Gasteiger partial charge in [0, 0.05) is 54.4 Å². The van der Waals surface area contributed by atoms with Crippen molar-refractivity contribution in [2.45, 2.75) is 57.4 Å². The highest BCUT2D eigenvalue weighted by atomic mass is 19.1. The Bertz CT molecular complexity index is 1200. The molecule has 38 heavy (non-hydrogen) atoms. The Morgan fingerprint density at radius 2 is 1.74 bits per heavy atom. The Labute approximate surface area is 220 Å².